The van der Waals surface area contributed by atoms with Gasteiger partial charge in [-0.2, -0.15) is 5.10 Å². The molecule has 0 radical (unpaired) electrons. The largest absolute Gasteiger partial charge is 0.467 e. The maximum atomic E-state index is 12.0. The number of carbonyl (C=O) groups is 2. The molecule has 2 rings (SSSR count). The Kier molecular flexibility index (Phi) is 4.57. The summed E-state index contributed by atoms with van der Waals surface area (Å²) in [6.07, 6.45) is 0.957. The average Bonchev–Trinajstić information content (AvgIpc) is 2.93. The van der Waals surface area contributed by atoms with E-state index in [2.05, 4.69) is 15.2 Å². The number of esters is 1. The highest BCUT2D eigenvalue weighted by atomic mass is 16.5. The summed E-state index contributed by atoms with van der Waals surface area (Å²) in [4.78, 5) is 23.3. The van der Waals surface area contributed by atoms with Crippen LogP contribution in [0.25, 0.3) is 0 Å². The molecule has 0 spiro atoms. The molecule has 1 amide bonds. The molecule has 0 aliphatic carbocycles. The quantitative estimate of drug-likeness (QED) is 0.854. The van der Waals surface area contributed by atoms with Gasteiger partial charge in [0, 0.05) is 24.2 Å². The molecule has 0 fully saturated rings. The number of carbonyl (C=O) groups excluding carboxylic acids is 2. The van der Waals surface area contributed by atoms with Gasteiger partial charge in [0.1, 0.15) is 6.04 Å². The first-order valence-corrected chi connectivity index (χ1v) is 6.81. The summed E-state index contributed by atoms with van der Waals surface area (Å²) >= 11 is 0. The molecule has 112 valence electrons. The Balaban J connectivity index is 2.02. The number of methoxy groups -OCH3 is 1. The third-order valence-electron chi connectivity index (χ3n) is 3.31. The summed E-state index contributed by atoms with van der Waals surface area (Å²) in [5.74, 6) is -0.776. The van der Waals surface area contributed by atoms with Crippen LogP contribution in [0.5, 0.6) is 0 Å². The van der Waals surface area contributed by atoms with E-state index in [1.807, 2.05) is 24.1 Å². The van der Waals surface area contributed by atoms with Gasteiger partial charge in [0.05, 0.1) is 12.8 Å². The van der Waals surface area contributed by atoms with Crippen molar-refractivity contribution in [1.29, 1.82) is 0 Å². The van der Waals surface area contributed by atoms with Gasteiger partial charge in [-0.05, 0) is 38.1 Å². The molecule has 1 aliphatic rings. The van der Waals surface area contributed by atoms with Crippen molar-refractivity contribution in [3.63, 3.8) is 0 Å². The van der Waals surface area contributed by atoms with Gasteiger partial charge in [0.15, 0.2) is 0 Å². The molecule has 0 unspecified atom stereocenters. The number of rotatable bonds is 4. The van der Waals surface area contributed by atoms with Crippen molar-refractivity contribution in [2.45, 2.75) is 26.3 Å². The second-order valence-electron chi connectivity index (χ2n) is 4.97. The molecule has 0 aromatic heterocycles. The predicted octanol–water partition coefficient (Wildman–Crippen LogP) is 1.56. The second kappa shape index (κ2) is 6.39. The van der Waals surface area contributed by atoms with E-state index in [0.717, 1.165) is 24.4 Å². The highest BCUT2D eigenvalue weighted by Crippen LogP contribution is 2.19. The minimum Gasteiger partial charge on any atom is -0.467 e. The van der Waals surface area contributed by atoms with Crippen LogP contribution in [-0.4, -0.2) is 37.3 Å². The first kappa shape index (κ1) is 15.0. The van der Waals surface area contributed by atoms with Crippen LogP contribution in [0, 0.1) is 0 Å². The molecular formula is C15H19N3O3. The van der Waals surface area contributed by atoms with Crippen molar-refractivity contribution >= 4 is 23.3 Å². The van der Waals surface area contributed by atoms with E-state index in [9.17, 15) is 9.59 Å². The van der Waals surface area contributed by atoms with Crippen LogP contribution in [0.3, 0.4) is 0 Å². The summed E-state index contributed by atoms with van der Waals surface area (Å²) in [5, 5.41) is 8.90. The summed E-state index contributed by atoms with van der Waals surface area (Å²) in [7, 11) is 1.29. The van der Waals surface area contributed by atoms with Gasteiger partial charge >= 0.3 is 5.97 Å². The number of hydrogen-bond donors (Lipinski definition) is 1. The molecule has 1 aromatic carbocycles. The van der Waals surface area contributed by atoms with Gasteiger partial charge in [-0.15, -0.1) is 0 Å². The van der Waals surface area contributed by atoms with Crippen LogP contribution in [0.15, 0.2) is 29.4 Å². The molecule has 21 heavy (non-hydrogen) atoms. The third-order valence-corrected chi connectivity index (χ3v) is 3.31. The molecule has 1 atom stereocenters. The standard InChI is InChI=1S/C15H19N3O3/c1-10-8-9-18(17-10)13-6-4-12(5-7-13)14(19)16-11(2)15(20)21-3/h4-7,11H,8-9H2,1-3H3,(H,16,19)/t11-/m1/s1. The lowest BCUT2D eigenvalue weighted by molar-refractivity contribution is -0.142. The molecule has 1 heterocycles. The Morgan fingerprint density at radius 1 is 1.33 bits per heavy atom. The molecule has 0 bridgehead atoms. The van der Waals surface area contributed by atoms with Crippen molar-refractivity contribution in [2.24, 2.45) is 5.10 Å². The Morgan fingerprint density at radius 2 is 2.00 bits per heavy atom. The van der Waals surface area contributed by atoms with Crippen molar-refractivity contribution in [2.75, 3.05) is 18.7 Å². The third kappa shape index (κ3) is 3.59. The SMILES string of the molecule is COC(=O)[C@@H](C)NC(=O)c1ccc(N2CCC(C)=N2)cc1. The lowest BCUT2D eigenvalue weighted by atomic mass is 10.1. The van der Waals surface area contributed by atoms with Gasteiger partial charge in [0.25, 0.3) is 5.91 Å². The van der Waals surface area contributed by atoms with E-state index in [0.29, 0.717) is 5.56 Å². The van der Waals surface area contributed by atoms with Gasteiger partial charge in [-0.1, -0.05) is 0 Å². The summed E-state index contributed by atoms with van der Waals surface area (Å²) in [6, 6.07) is 6.46. The predicted molar refractivity (Wildman–Crippen MR) is 80.5 cm³/mol. The van der Waals surface area contributed by atoms with E-state index in [1.165, 1.54) is 7.11 Å². The summed E-state index contributed by atoms with van der Waals surface area (Å²) in [6.45, 7) is 4.44. The van der Waals surface area contributed by atoms with Crippen molar-refractivity contribution in [3.8, 4) is 0 Å². The fourth-order valence-corrected chi connectivity index (χ4v) is 2.06. The zero-order chi connectivity index (χ0) is 15.4. The number of amides is 1. The normalized spacial score (nSPS) is 15.4. The molecule has 0 saturated carbocycles. The van der Waals surface area contributed by atoms with E-state index in [1.54, 1.807) is 19.1 Å². The fourth-order valence-electron chi connectivity index (χ4n) is 2.06. The van der Waals surface area contributed by atoms with E-state index in [4.69, 9.17) is 0 Å². The van der Waals surface area contributed by atoms with Gasteiger partial charge in [-0.25, -0.2) is 4.79 Å². The zero-order valence-corrected chi connectivity index (χ0v) is 12.4. The highest BCUT2D eigenvalue weighted by molar-refractivity contribution is 5.97. The smallest absolute Gasteiger partial charge is 0.328 e. The van der Waals surface area contributed by atoms with Crippen LogP contribution >= 0.6 is 0 Å². The Morgan fingerprint density at radius 3 is 2.52 bits per heavy atom. The Hall–Kier alpha value is -2.37. The lowest BCUT2D eigenvalue weighted by Crippen LogP contribution is -2.39. The molecule has 1 aromatic rings. The number of anilines is 1. The van der Waals surface area contributed by atoms with Crippen molar-refractivity contribution in [3.05, 3.63) is 29.8 Å². The summed E-state index contributed by atoms with van der Waals surface area (Å²) in [5.41, 5.74) is 2.54. The minimum atomic E-state index is -0.673. The molecular weight excluding hydrogens is 270 g/mol. The fraction of sp³-hybridized carbons (Fsp3) is 0.400. The zero-order valence-electron chi connectivity index (χ0n) is 12.4. The van der Waals surface area contributed by atoms with Crippen LogP contribution in [-0.2, 0) is 9.53 Å². The topological polar surface area (TPSA) is 71.0 Å². The van der Waals surface area contributed by atoms with Crippen LogP contribution in [0.2, 0.25) is 0 Å². The van der Waals surface area contributed by atoms with Crippen LogP contribution < -0.4 is 10.3 Å². The highest BCUT2D eigenvalue weighted by Gasteiger charge is 2.17. The molecule has 0 saturated heterocycles. The Labute approximate surface area is 123 Å². The van der Waals surface area contributed by atoms with E-state index >= 15 is 0 Å². The Bertz CT molecular complexity index is 566. The number of ether oxygens (including phenoxy) is 1. The van der Waals surface area contributed by atoms with Crippen molar-refractivity contribution in [1.82, 2.24) is 5.32 Å². The molecule has 1 N–H and O–H groups in total. The number of nitrogens with one attached hydrogen (secondary N) is 1. The first-order valence-electron chi connectivity index (χ1n) is 6.81. The lowest BCUT2D eigenvalue weighted by Gasteiger charge is -2.15. The van der Waals surface area contributed by atoms with Gasteiger partial charge in [-0.3, -0.25) is 9.80 Å². The van der Waals surface area contributed by atoms with Gasteiger partial charge in [0.2, 0.25) is 0 Å². The monoisotopic (exact) mass is 289 g/mol. The maximum absolute atomic E-state index is 12.0. The van der Waals surface area contributed by atoms with Gasteiger partial charge < -0.3 is 10.1 Å². The molecule has 1 aliphatic heterocycles. The van der Waals surface area contributed by atoms with E-state index in [-0.39, 0.29) is 5.91 Å². The number of benzene rings is 1. The molecule has 6 nitrogen and oxygen atoms in total. The number of hydrogen-bond acceptors (Lipinski definition) is 5. The van der Waals surface area contributed by atoms with Crippen molar-refractivity contribution < 1.29 is 14.3 Å². The number of hydrazone groups is 1. The second-order valence-corrected chi connectivity index (χ2v) is 4.97. The first-order chi connectivity index (χ1) is 10.0. The molecule has 6 heteroatoms. The maximum Gasteiger partial charge on any atom is 0.328 e. The van der Waals surface area contributed by atoms with E-state index < -0.39 is 12.0 Å². The number of nitrogens with zero attached hydrogens (tertiary/aromatic N) is 2. The summed E-state index contributed by atoms with van der Waals surface area (Å²) < 4.78 is 4.57. The minimum absolute atomic E-state index is 0.305. The average molecular weight is 289 g/mol. The van der Waals surface area contributed by atoms with Crippen LogP contribution in [0.1, 0.15) is 30.6 Å². The van der Waals surface area contributed by atoms with Crippen LogP contribution in [0.4, 0.5) is 5.69 Å².